The van der Waals surface area contributed by atoms with Crippen LogP contribution >= 0.6 is 0 Å². The van der Waals surface area contributed by atoms with E-state index in [1.54, 1.807) is 0 Å². The van der Waals surface area contributed by atoms with Crippen LogP contribution in [0.15, 0.2) is 36.0 Å². The third-order valence-electron chi connectivity index (χ3n) is 4.01. The molecule has 3 nitrogen and oxygen atoms in total. The van der Waals surface area contributed by atoms with Crippen LogP contribution in [0.25, 0.3) is 0 Å². The van der Waals surface area contributed by atoms with Crippen LogP contribution in [0.3, 0.4) is 0 Å². The van der Waals surface area contributed by atoms with E-state index < -0.39 is 28.2 Å². The van der Waals surface area contributed by atoms with Crippen LogP contribution < -0.4 is 4.72 Å². The largest absolute Gasteiger partial charge is 0.598 e. The second kappa shape index (κ2) is 7.64. The van der Waals surface area contributed by atoms with E-state index in [4.69, 9.17) is 4.74 Å². The normalized spacial score (nSPS) is 31.5. The van der Waals surface area contributed by atoms with Crippen molar-refractivity contribution in [1.82, 2.24) is 4.72 Å². The third kappa shape index (κ3) is 5.37. The summed E-state index contributed by atoms with van der Waals surface area (Å²) < 4.78 is 58.4. The lowest BCUT2D eigenvalue weighted by molar-refractivity contribution is -0.204. The highest BCUT2D eigenvalue weighted by Crippen LogP contribution is 2.34. The Labute approximate surface area is 144 Å². The maximum Gasteiger partial charge on any atom is 0.394 e. The molecule has 0 radical (unpaired) electrons. The number of allylic oxidation sites excluding steroid dienone is 2. The van der Waals surface area contributed by atoms with E-state index in [0.717, 1.165) is 5.57 Å². The number of rotatable bonds is 3. The number of halogens is 3. The van der Waals surface area contributed by atoms with Crippen LogP contribution in [0.4, 0.5) is 13.2 Å². The molecule has 2 unspecified atom stereocenters. The van der Waals surface area contributed by atoms with Gasteiger partial charge >= 0.3 is 6.18 Å². The molecule has 24 heavy (non-hydrogen) atoms. The first-order chi connectivity index (χ1) is 11.1. The highest BCUT2D eigenvalue weighted by atomic mass is 32.2. The van der Waals surface area contributed by atoms with Gasteiger partial charge in [-0.05, 0) is 39.2 Å². The van der Waals surface area contributed by atoms with E-state index in [-0.39, 0.29) is 25.2 Å². The van der Waals surface area contributed by atoms with Crippen molar-refractivity contribution in [3.8, 4) is 0 Å². The molecule has 2 rings (SSSR count). The van der Waals surface area contributed by atoms with E-state index in [0.29, 0.717) is 6.42 Å². The molecule has 0 amide bonds. The number of alkyl halides is 3. The zero-order valence-electron chi connectivity index (χ0n) is 14.1. The van der Waals surface area contributed by atoms with Gasteiger partial charge in [0.05, 0.1) is 24.7 Å². The van der Waals surface area contributed by atoms with Crippen LogP contribution in [0.5, 0.6) is 0 Å². The molecular weight excluding hydrogens is 339 g/mol. The summed E-state index contributed by atoms with van der Waals surface area (Å²) in [6, 6.07) is -0.237. The predicted octanol–water partition coefficient (Wildman–Crippen LogP) is 3.82. The molecule has 0 spiro atoms. The smallest absolute Gasteiger partial charge is 0.394 e. The van der Waals surface area contributed by atoms with Gasteiger partial charge in [0, 0.05) is 11.4 Å². The van der Waals surface area contributed by atoms with Crippen molar-refractivity contribution in [3.05, 3.63) is 36.0 Å². The molecule has 4 atom stereocenters. The fourth-order valence-corrected chi connectivity index (χ4v) is 3.29. The highest BCUT2D eigenvalue weighted by molar-refractivity contribution is 7.90. The zero-order chi connectivity index (χ0) is 18.0. The lowest BCUT2D eigenvalue weighted by Gasteiger charge is -2.31. The summed E-state index contributed by atoms with van der Waals surface area (Å²) in [6.07, 6.45) is 5.17. The summed E-state index contributed by atoms with van der Waals surface area (Å²) >= 11 is -1.25. The molecule has 1 aliphatic carbocycles. The minimum absolute atomic E-state index is 0.0729. The lowest BCUT2D eigenvalue weighted by Crippen LogP contribution is -2.45. The molecule has 1 heterocycles. The molecule has 1 saturated heterocycles. The summed E-state index contributed by atoms with van der Waals surface area (Å²) in [6.45, 7) is 5.33. The van der Waals surface area contributed by atoms with Crippen molar-refractivity contribution in [1.29, 1.82) is 0 Å². The zero-order valence-corrected chi connectivity index (χ0v) is 14.9. The average Bonchev–Trinajstić information content (AvgIpc) is 2.48. The van der Waals surface area contributed by atoms with Crippen LogP contribution in [0, 0.1) is 5.92 Å². The summed E-state index contributed by atoms with van der Waals surface area (Å²) in [7, 11) is 0. The molecule has 0 saturated carbocycles. The van der Waals surface area contributed by atoms with Gasteiger partial charge in [0.1, 0.15) is 4.75 Å². The molecule has 0 aromatic rings. The maximum atomic E-state index is 12.7. The van der Waals surface area contributed by atoms with Crippen LogP contribution in [0.2, 0.25) is 0 Å². The molecule has 1 fully saturated rings. The minimum atomic E-state index is -4.20. The van der Waals surface area contributed by atoms with E-state index in [1.807, 2.05) is 51.2 Å². The molecule has 7 heteroatoms. The highest BCUT2D eigenvalue weighted by Gasteiger charge is 2.42. The third-order valence-corrected chi connectivity index (χ3v) is 5.59. The number of ether oxygens (including phenoxy) is 1. The lowest BCUT2D eigenvalue weighted by atomic mass is 9.94. The van der Waals surface area contributed by atoms with Crippen molar-refractivity contribution in [3.63, 3.8) is 0 Å². The fourth-order valence-electron chi connectivity index (χ4n) is 2.49. The van der Waals surface area contributed by atoms with Gasteiger partial charge in [-0.1, -0.05) is 30.4 Å². The SMILES string of the molecule is CC(C)(C)[S+]([O-])NC1C=CC=C/C1=C\[C@H]1CC[C@H](C(F)(F)F)CO1. The van der Waals surface area contributed by atoms with Gasteiger partial charge in [-0.25, -0.2) is 0 Å². The molecule has 1 N–H and O–H groups in total. The maximum absolute atomic E-state index is 12.7. The first-order valence-corrected chi connectivity index (χ1v) is 9.15. The Morgan fingerprint density at radius 1 is 1.25 bits per heavy atom. The van der Waals surface area contributed by atoms with Gasteiger partial charge in [0.2, 0.25) is 0 Å². The van der Waals surface area contributed by atoms with Gasteiger partial charge in [0.25, 0.3) is 0 Å². The molecular formula is C17H24F3NO2S. The summed E-state index contributed by atoms with van der Waals surface area (Å²) in [5.74, 6) is -1.38. The van der Waals surface area contributed by atoms with Crippen molar-refractivity contribution >= 4 is 11.4 Å². The average molecular weight is 363 g/mol. The monoisotopic (exact) mass is 363 g/mol. The molecule has 136 valence electrons. The van der Waals surface area contributed by atoms with Gasteiger partial charge in [-0.2, -0.15) is 13.2 Å². The van der Waals surface area contributed by atoms with Gasteiger partial charge < -0.3 is 9.29 Å². The fraction of sp³-hybridized carbons (Fsp3) is 0.647. The van der Waals surface area contributed by atoms with Gasteiger partial charge in [-0.15, -0.1) is 4.72 Å². The Kier molecular flexibility index (Phi) is 6.23. The van der Waals surface area contributed by atoms with Crippen molar-refractivity contribution in [2.24, 2.45) is 5.92 Å². The second-order valence-corrected chi connectivity index (χ2v) is 9.07. The first-order valence-electron chi connectivity index (χ1n) is 8.00. The Hall–Kier alpha value is -0.760. The summed E-state index contributed by atoms with van der Waals surface area (Å²) in [4.78, 5) is 0. The van der Waals surface area contributed by atoms with Crippen LogP contribution in [-0.4, -0.2) is 34.2 Å². The van der Waals surface area contributed by atoms with E-state index in [2.05, 4.69) is 4.72 Å². The Morgan fingerprint density at radius 3 is 2.50 bits per heavy atom. The first kappa shape index (κ1) is 19.6. The summed E-state index contributed by atoms with van der Waals surface area (Å²) in [5.41, 5.74) is 0.866. The van der Waals surface area contributed by atoms with E-state index in [9.17, 15) is 17.7 Å². The Morgan fingerprint density at radius 2 is 1.96 bits per heavy atom. The van der Waals surface area contributed by atoms with Crippen LogP contribution in [0.1, 0.15) is 33.6 Å². The number of hydrogen-bond donors (Lipinski definition) is 1. The van der Waals surface area contributed by atoms with Gasteiger partial charge in [0.15, 0.2) is 0 Å². The second-order valence-electron chi connectivity index (χ2n) is 7.07. The quantitative estimate of drug-likeness (QED) is 0.776. The minimum Gasteiger partial charge on any atom is -0.598 e. The topological polar surface area (TPSA) is 44.3 Å². The summed E-state index contributed by atoms with van der Waals surface area (Å²) in [5, 5.41) is 0. The molecule has 0 aromatic heterocycles. The van der Waals surface area contributed by atoms with E-state index in [1.165, 1.54) is 0 Å². The Bertz CT molecular complexity index is 515. The Balaban J connectivity index is 2.00. The van der Waals surface area contributed by atoms with Crippen LogP contribution in [-0.2, 0) is 16.1 Å². The van der Waals surface area contributed by atoms with Gasteiger partial charge in [-0.3, -0.25) is 0 Å². The van der Waals surface area contributed by atoms with E-state index >= 15 is 0 Å². The number of nitrogens with one attached hydrogen (secondary N) is 1. The molecule has 0 aromatic carbocycles. The molecule has 2 aliphatic rings. The number of hydrogen-bond acceptors (Lipinski definition) is 3. The molecule has 0 bridgehead atoms. The predicted molar refractivity (Wildman–Crippen MR) is 89.7 cm³/mol. The van der Waals surface area contributed by atoms with Crippen molar-refractivity contribution < 1.29 is 22.5 Å². The van der Waals surface area contributed by atoms with Crippen molar-refractivity contribution in [2.45, 2.75) is 56.7 Å². The standard InChI is InChI=1S/C17H24F3NO2S/c1-16(2,3)24(22)21-15-7-5-4-6-12(15)10-14-9-8-13(11-23-14)17(18,19)20/h4-7,10,13-15,21H,8-9,11H2,1-3H3/b12-10+/t13-,14+,15?,24?/m0/s1. The van der Waals surface area contributed by atoms with Crippen molar-refractivity contribution in [2.75, 3.05) is 6.61 Å². The molecule has 1 aliphatic heterocycles.